The number of fused-ring (bicyclic) bond motifs is 1. The van der Waals surface area contributed by atoms with Gasteiger partial charge in [-0.25, -0.2) is 4.79 Å². The summed E-state index contributed by atoms with van der Waals surface area (Å²) in [6.45, 7) is 3.62. The van der Waals surface area contributed by atoms with Crippen LogP contribution in [-0.4, -0.2) is 23.5 Å². The van der Waals surface area contributed by atoms with Crippen LogP contribution in [0.3, 0.4) is 0 Å². The predicted molar refractivity (Wildman–Crippen MR) is 71.0 cm³/mol. The molecule has 1 aliphatic carbocycles. The Balaban J connectivity index is 2.05. The van der Waals surface area contributed by atoms with E-state index in [0.29, 0.717) is 12.0 Å². The molecule has 1 saturated heterocycles. The van der Waals surface area contributed by atoms with Crippen molar-refractivity contribution in [3.8, 4) is 0 Å². The highest BCUT2D eigenvalue weighted by atomic mass is 16.6. The van der Waals surface area contributed by atoms with Crippen LogP contribution in [0.4, 0.5) is 10.5 Å². The monoisotopic (exact) mass is 257 g/mol. The van der Waals surface area contributed by atoms with Crippen LogP contribution in [0.2, 0.25) is 0 Å². The maximum atomic E-state index is 12.1. The largest absolute Gasteiger partial charge is 0.436 e. The van der Waals surface area contributed by atoms with Crippen LogP contribution in [0.5, 0.6) is 0 Å². The molecule has 0 bridgehead atoms. The van der Waals surface area contributed by atoms with Gasteiger partial charge in [-0.2, -0.15) is 0 Å². The minimum Gasteiger partial charge on any atom is -0.436 e. The first-order valence-corrected chi connectivity index (χ1v) is 6.31. The molecule has 4 heteroatoms. The van der Waals surface area contributed by atoms with Gasteiger partial charge in [0.1, 0.15) is 0 Å². The number of ketones is 1. The lowest BCUT2D eigenvalue weighted by Crippen LogP contribution is -2.46. The Kier molecular flexibility index (Phi) is 2.49. The molecule has 4 nitrogen and oxygen atoms in total. The Morgan fingerprint density at radius 2 is 1.95 bits per heavy atom. The molecule has 0 spiro atoms. The molecule has 0 saturated carbocycles. The van der Waals surface area contributed by atoms with E-state index in [-0.39, 0.29) is 11.8 Å². The number of benzene rings is 1. The molecule has 0 N–H and O–H groups in total. The van der Waals surface area contributed by atoms with Crippen molar-refractivity contribution in [3.63, 3.8) is 0 Å². The van der Waals surface area contributed by atoms with Gasteiger partial charge in [-0.1, -0.05) is 18.2 Å². The second-order valence-corrected chi connectivity index (χ2v) is 5.23. The quantitative estimate of drug-likeness (QED) is 0.777. The van der Waals surface area contributed by atoms with Gasteiger partial charge in [-0.05, 0) is 37.6 Å². The van der Waals surface area contributed by atoms with Crippen molar-refractivity contribution in [1.29, 1.82) is 0 Å². The third-order valence-electron chi connectivity index (χ3n) is 3.83. The SMILES string of the molecule is CC1=C[C@@]2(C)OC(=O)N(c3ccccc3)[C@H]2CC1=O. The summed E-state index contributed by atoms with van der Waals surface area (Å²) in [5, 5.41) is 0. The van der Waals surface area contributed by atoms with E-state index in [1.807, 2.05) is 37.3 Å². The van der Waals surface area contributed by atoms with Crippen molar-refractivity contribution in [2.75, 3.05) is 4.90 Å². The second-order valence-electron chi connectivity index (χ2n) is 5.23. The molecule has 2 atom stereocenters. The highest BCUT2D eigenvalue weighted by Gasteiger charge is 2.53. The summed E-state index contributed by atoms with van der Waals surface area (Å²) in [6.07, 6.45) is 1.68. The normalized spacial score (nSPS) is 29.9. The van der Waals surface area contributed by atoms with Crippen LogP contribution in [-0.2, 0) is 9.53 Å². The Morgan fingerprint density at radius 3 is 2.63 bits per heavy atom. The van der Waals surface area contributed by atoms with Crippen molar-refractivity contribution in [2.45, 2.75) is 31.9 Å². The molecular formula is C15H15NO3. The van der Waals surface area contributed by atoms with E-state index in [2.05, 4.69) is 0 Å². The first kappa shape index (κ1) is 12.0. The molecule has 1 aromatic carbocycles. The lowest BCUT2D eigenvalue weighted by molar-refractivity contribution is -0.117. The lowest BCUT2D eigenvalue weighted by Gasteiger charge is -2.32. The van der Waals surface area contributed by atoms with E-state index in [0.717, 1.165) is 5.69 Å². The molecule has 98 valence electrons. The van der Waals surface area contributed by atoms with Gasteiger partial charge in [0.2, 0.25) is 0 Å². The smallest absolute Gasteiger partial charge is 0.415 e. The Bertz CT molecular complexity index is 578. The zero-order chi connectivity index (χ0) is 13.6. The third-order valence-corrected chi connectivity index (χ3v) is 3.83. The van der Waals surface area contributed by atoms with Gasteiger partial charge < -0.3 is 4.74 Å². The summed E-state index contributed by atoms with van der Waals surface area (Å²) in [6, 6.07) is 9.05. The summed E-state index contributed by atoms with van der Waals surface area (Å²) >= 11 is 0. The predicted octanol–water partition coefficient (Wildman–Crippen LogP) is 2.69. The van der Waals surface area contributed by atoms with Crippen LogP contribution < -0.4 is 4.90 Å². The fourth-order valence-electron chi connectivity index (χ4n) is 2.83. The molecule has 1 aromatic rings. The first-order valence-electron chi connectivity index (χ1n) is 6.31. The van der Waals surface area contributed by atoms with Crippen molar-refractivity contribution >= 4 is 17.6 Å². The Hall–Kier alpha value is -2.10. The van der Waals surface area contributed by atoms with Crippen LogP contribution in [0.1, 0.15) is 20.3 Å². The molecule has 1 fully saturated rings. The van der Waals surface area contributed by atoms with E-state index in [4.69, 9.17) is 4.74 Å². The number of hydrogen-bond donors (Lipinski definition) is 0. The van der Waals surface area contributed by atoms with Gasteiger partial charge in [-0.15, -0.1) is 0 Å². The second kappa shape index (κ2) is 3.95. The highest BCUT2D eigenvalue weighted by molar-refractivity contribution is 6.00. The number of carbonyl (C=O) groups is 2. The minimum absolute atomic E-state index is 0.0710. The number of Topliss-reactive ketones (excluding diaryl/α,β-unsaturated/α-hetero) is 1. The Labute approximate surface area is 111 Å². The number of hydrogen-bond acceptors (Lipinski definition) is 3. The summed E-state index contributed by atoms with van der Waals surface area (Å²) in [7, 11) is 0. The number of anilines is 1. The van der Waals surface area contributed by atoms with E-state index < -0.39 is 11.7 Å². The summed E-state index contributed by atoms with van der Waals surface area (Å²) in [5.41, 5.74) is 0.716. The van der Waals surface area contributed by atoms with E-state index in [9.17, 15) is 9.59 Å². The highest BCUT2D eigenvalue weighted by Crippen LogP contribution is 2.40. The van der Waals surface area contributed by atoms with Crippen LogP contribution in [0.15, 0.2) is 42.0 Å². The molecule has 0 aromatic heterocycles. The van der Waals surface area contributed by atoms with Gasteiger partial charge >= 0.3 is 6.09 Å². The summed E-state index contributed by atoms with van der Waals surface area (Å²) in [4.78, 5) is 25.6. The molecule has 0 radical (unpaired) electrons. The van der Waals surface area contributed by atoms with Crippen LogP contribution in [0, 0.1) is 0 Å². The topological polar surface area (TPSA) is 46.6 Å². The van der Waals surface area contributed by atoms with Crippen molar-refractivity contribution in [2.24, 2.45) is 0 Å². The van der Waals surface area contributed by atoms with E-state index in [1.165, 1.54) is 0 Å². The molecule has 1 amide bonds. The van der Waals surface area contributed by atoms with Crippen LogP contribution >= 0.6 is 0 Å². The molecule has 1 aliphatic heterocycles. The van der Waals surface area contributed by atoms with Gasteiger partial charge in [0.05, 0.1) is 6.04 Å². The molecule has 1 heterocycles. The number of para-hydroxylation sites is 1. The number of nitrogens with zero attached hydrogens (tertiary/aromatic N) is 1. The zero-order valence-electron chi connectivity index (χ0n) is 10.9. The van der Waals surface area contributed by atoms with Crippen molar-refractivity contribution in [3.05, 3.63) is 42.0 Å². The van der Waals surface area contributed by atoms with Gasteiger partial charge in [-0.3, -0.25) is 9.69 Å². The van der Waals surface area contributed by atoms with Crippen molar-refractivity contribution < 1.29 is 14.3 Å². The fourth-order valence-corrected chi connectivity index (χ4v) is 2.83. The Morgan fingerprint density at radius 1 is 1.26 bits per heavy atom. The zero-order valence-corrected chi connectivity index (χ0v) is 10.9. The molecule has 19 heavy (non-hydrogen) atoms. The molecule has 0 unspecified atom stereocenters. The summed E-state index contributed by atoms with van der Waals surface area (Å²) < 4.78 is 5.50. The molecule has 3 rings (SSSR count). The maximum absolute atomic E-state index is 12.1. The first-order chi connectivity index (χ1) is 9.01. The third kappa shape index (κ3) is 1.75. The maximum Gasteiger partial charge on any atom is 0.415 e. The minimum atomic E-state index is -0.717. The lowest BCUT2D eigenvalue weighted by atomic mass is 9.83. The average molecular weight is 257 g/mol. The number of amides is 1. The van der Waals surface area contributed by atoms with Gasteiger partial charge in [0.25, 0.3) is 0 Å². The number of ether oxygens (including phenoxy) is 1. The number of allylic oxidation sites excluding steroid dienone is 1. The van der Waals surface area contributed by atoms with E-state index in [1.54, 1.807) is 17.9 Å². The number of rotatable bonds is 1. The number of carbonyl (C=O) groups excluding carboxylic acids is 2. The van der Waals surface area contributed by atoms with Crippen LogP contribution in [0.25, 0.3) is 0 Å². The molecule has 2 aliphatic rings. The average Bonchev–Trinajstić information content (AvgIpc) is 2.61. The summed E-state index contributed by atoms with van der Waals surface area (Å²) in [5.74, 6) is 0.0710. The van der Waals surface area contributed by atoms with Crippen molar-refractivity contribution in [1.82, 2.24) is 0 Å². The van der Waals surface area contributed by atoms with Gasteiger partial charge in [0.15, 0.2) is 11.4 Å². The van der Waals surface area contributed by atoms with E-state index >= 15 is 0 Å². The van der Waals surface area contributed by atoms with Gasteiger partial charge in [0, 0.05) is 12.1 Å². The fraction of sp³-hybridized carbons (Fsp3) is 0.333. The molecular weight excluding hydrogens is 242 g/mol. The standard InChI is InChI=1S/C15H15NO3/c1-10-9-15(2)13(8-12(10)17)16(14(18)19-15)11-6-4-3-5-7-11/h3-7,9,13H,8H2,1-2H3/t13-,15+/m0/s1.